The summed E-state index contributed by atoms with van der Waals surface area (Å²) in [5, 5.41) is 8.95. The van der Waals surface area contributed by atoms with E-state index >= 15 is 0 Å². The highest BCUT2D eigenvalue weighted by Crippen LogP contribution is 2.17. The van der Waals surface area contributed by atoms with Gasteiger partial charge in [0.15, 0.2) is 0 Å². The molecule has 0 aromatic carbocycles. The van der Waals surface area contributed by atoms with Crippen LogP contribution in [-0.4, -0.2) is 40.7 Å². The Labute approximate surface area is 89.1 Å². The molecule has 1 atom stereocenters. The number of aromatic carboxylic acids is 1. The summed E-state index contributed by atoms with van der Waals surface area (Å²) in [5.41, 5.74) is 0.393. The van der Waals surface area contributed by atoms with Crippen LogP contribution in [-0.2, 0) is 6.54 Å². The Bertz CT molecular complexity index is 359. The fourth-order valence-corrected chi connectivity index (χ4v) is 2.22. The lowest BCUT2D eigenvalue weighted by molar-refractivity contribution is 0.0684. The molecule has 0 spiro atoms. The number of hydrogen-bond donors (Lipinski definition) is 1. The molecule has 1 aliphatic heterocycles. The molecule has 0 bridgehead atoms. The molecular weight excluding hydrogens is 192 g/mol. The van der Waals surface area contributed by atoms with Crippen LogP contribution >= 0.6 is 0 Å². The van der Waals surface area contributed by atoms with Crippen molar-refractivity contribution < 1.29 is 9.90 Å². The summed E-state index contributed by atoms with van der Waals surface area (Å²) in [6.07, 6.45) is 3.01. The molecule has 4 nitrogen and oxygen atoms in total. The van der Waals surface area contributed by atoms with Gasteiger partial charge in [-0.1, -0.05) is 0 Å². The first-order valence-electron chi connectivity index (χ1n) is 5.24. The number of carboxylic acids is 1. The van der Waals surface area contributed by atoms with E-state index in [4.69, 9.17) is 5.11 Å². The number of carbonyl (C=O) groups is 1. The number of carboxylic acid groups (broad SMARTS) is 1. The van der Waals surface area contributed by atoms with Gasteiger partial charge in [-0.3, -0.25) is 0 Å². The fourth-order valence-electron chi connectivity index (χ4n) is 2.22. The Balaban J connectivity index is 2.04. The van der Waals surface area contributed by atoms with Crippen molar-refractivity contribution in [2.24, 2.45) is 5.92 Å². The smallest absolute Gasteiger partial charge is 0.352 e. The Morgan fingerprint density at radius 1 is 1.67 bits per heavy atom. The molecule has 82 valence electrons. The average Bonchev–Trinajstić information content (AvgIpc) is 2.75. The van der Waals surface area contributed by atoms with E-state index in [9.17, 15) is 4.79 Å². The quantitative estimate of drug-likeness (QED) is 0.810. The van der Waals surface area contributed by atoms with E-state index in [1.54, 1.807) is 12.1 Å². The molecule has 0 amide bonds. The van der Waals surface area contributed by atoms with Crippen molar-refractivity contribution in [2.75, 3.05) is 20.1 Å². The van der Waals surface area contributed by atoms with Gasteiger partial charge in [0.25, 0.3) is 0 Å². The second kappa shape index (κ2) is 4.06. The van der Waals surface area contributed by atoms with Crippen molar-refractivity contribution in [1.82, 2.24) is 9.47 Å². The zero-order valence-electron chi connectivity index (χ0n) is 8.89. The minimum absolute atomic E-state index is 0.393. The first kappa shape index (κ1) is 10.2. The summed E-state index contributed by atoms with van der Waals surface area (Å²) in [4.78, 5) is 13.2. The molecule has 15 heavy (non-hydrogen) atoms. The molecule has 4 heteroatoms. The predicted molar refractivity (Wildman–Crippen MR) is 57.0 cm³/mol. The van der Waals surface area contributed by atoms with Crippen molar-refractivity contribution in [3.8, 4) is 0 Å². The Kier molecular flexibility index (Phi) is 2.77. The summed E-state index contributed by atoms with van der Waals surface area (Å²) in [5.74, 6) is -0.258. The third-order valence-electron chi connectivity index (χ3n) is 2.99. The van der Waals surface area contributed by atoms with Crippen LogP contribution in [0.2, 0.25) is 0 Å². The van der Waals surface area contributed by atoms with Crippen LogP contribution in [0.3, 0.4) is 0 Å². The highest BCUT2D eigenvalue weighted by molar-refractivity contribution is 5.85. The molecule has 0 radical (unpaired) electrons. The lowest BCUT2D eigenvalue weighted by Gasteiger charge is -2.12. The SMILES string of the molecule is CN1CCC(Cn2cccc2C(=O)O)C1. The zero-order valence-corrected chi connectivity index (χ0v) is 8.89. The standard InChI is InChI=1S/C11H16N2O2/c1-12-6-4-9(7-12)8-13-5-2-3-10(13)11(14)15/h2-3,5,9H,4,6-8H2,1H3,(H,14,15). The molecule has 2 rings (SSSR count). The van der Waals surface area contributed by atoms with Crippen molar-refractivity contribution in [1.29, 1.82) is 0 Å². The van der Waals surface area contributed by atoms with Crippen LogP contribution < -0.4 is 0 Å². The first-order valence-corrected chi connectivity index (χ1v) is 5.24. The minimum Gasteiger partial charge on any atom is -0.477 e. The van der Waals surface area contributed by atoms with E-state index in [2.05, 4.69) is 11.9 Å². The Morgan fingerprint density at radius 3 is 3.07 bits per heavy atom. The number of hydrogen-bond acceptors (Lipinski definition) is 2. The van der Waals surface area contributed by atoms with Gasteiger partial charge in [-0.15, -0.1) is 0 Å². The minimum atomic E-state index is -0.841. The van der Waals surface area contributed by atoms with Crippen molar-refractivity contribution in [3.63, 3.8) is 0 Å². The number of likely N-dealkylation sites (tertiary alicyclic amines) is 1. The second-order valence-electron chi connectivity index (χ2n) is 4.27. The molecule has 2 heterocycles. The van der Waals surface area contributed by atoms with Gasteiger partial charge in [0.1, 0.15) is 5.69 Å². The zero-order chi connectivity index (χ0) is 10.8. The Morgan fingerprint density at radius 2 is 2.47 bits per heavy atom. The predicted octanol–water partition coefficient (Wildman–Crippen LogP) is 1.14. The summed E-state index contributed by atoms with van der Waals surface area (Å²) in [6.45, 7) is 3.00. The molecule has 1 aliphatic rings. The third kappa shape index (κ3) is 2.21. The third-order valence-corrected chi connectivity index (χ3v) is 2.99. The van der Waals surface area contributed by atoms with Gasteiger partial charge in [-0.2, -0.15) is 0 Å². The topological polar surface area (TPSA) is 45.5 Å². The summed E-state index contributed by atoms with van der Waals surface area (Å²) >= 11 is 0. The van der Waals surface area contributed by atoms with E-state index in [1.165, 1.54) is 0 Å². The van der Waals surface area contributed by atoms with Crippen molar-refractivity contribution in [2.45, 2.75) is 13.0 Å². The van der Waals surface area contributed by atoms with E-state index in [0.29, 0.717) is 11.6 Å². The molecule has 0 saturated carbocycles. The summed E-state index contributed by atoms with van der Waals surface area (Å²) in [7, 11) is 2.10. The lowest BCUT2D eigenvalue weighted by Crippen LogP contribution is -2.18. The molecular formula is C11H16N2O2. The highest BCUT2D eigenvalue weighted by Gasteiger charge is 2.21. The van der Waals surface area contributed by atoms with Crippen LogP contribution in [0.5, 0.6) is 0 Å². The van der Waals surface area contributed by atoms with Gasteiger partial charge >= 0.3 is 5.97 Å². The van der Waals surface area contributed by atoms with Gasteiger partial charge in [-0.05, 0) is 38.1 Å². The van der Waals surface area contributed by atoms with Gasteiger partial charge in [0, 0.05) is 19.3 Å². The van der Waals surface area contributed by atoms with Crippen LogP contribution in [0, 0.1) is 5.92 Å². The number of aromatic nitrogens is 1. The molecule has 1 unspecified atom stereocenters. The second-order valence-corrected chi connectivity index (χ2v) is 4.27. The normalized spacial score (nSPS) is 22.1. The lowest BCUT2D eigenvalue weighted by atomic mass is 10.1. The van der Waals surface area contributed by atoms with E-state index < -0.39 is 5.97 Å². The van der Waals surface area contributed by atoms with E-state index in [1.807, 2.05) is 10.8 Å². The van der Waals surface area contributed by atoms with Gasteiger partial charge in [0.05, 0.1) is 0 Å². The van der Waals surface area contributed by atoms with Gasteiger partial charge in [0.2, 0.25) is 0 Å². The van der Waals surface area contributed by atoms with Crippen LogP contribution in [0.4, 0.5) is 0 Å². The van der Waals surface area contributed by atoms with E-state index in [0.717, 1.165) is 26.1 Å². The maximum absolute atomic E-state index is 10.9. The molecule has 1 N–H and O–H groups in total. The molecule has 1 fully saturated rings. The number of rotatable bonds is 3. The van der Waals surface area contributed by atoms with Crippen LogP contribution in [0.1, 0.15) is 16.9 Å². The van der Waals surface area contributed by atoms with Crippen molar-refractivity contribution in [3.05, 3.63) is 24.0 Å². The average molecular weight is 208 g/mol. The number of nitrogens with zero attached hydrogens (tertiary/aromatic N) is 2. The first-order chi connectivity index (χ1) is 7.16. The monoisotopic (exact) mass is 208 g/mol. The van der Waals surface area contributed by atoms with E-state index in [-0.39, 0.29) is 0 Å². The fraction of sp³-hybridized carbons (Fsp3) is 0.545. The van der Waals surface area contributed by atoms with Crippen LogP contribution in [0.25, 0.3) is 0 Å². The van der Waals surface area contributed by atoms with Crippen LogP contribution in [0.15, 0.2) is 18.3 Å². The molecule has 1 aromatic rings. The van der Waals surface area contributed by atoms with Crippen molar-refractivity contribution >= 4 is 5.97 Å². The maximum Gasteiger partial charge on any atom is 0.352 e. The summed E-state index contributed by atoms with van der Waals surface area (Å²) < 4.78 is 1.84. The molecule has 0 aliphatic carbocycles. The highest BCUT2D eigenvalue weighted by atomic mass is 16.4. The van der Waals surface area contributed by atoms with Gasteiger partial charge in [-0.25, -0.2) is 4.79 Å². The van der Waals surface area contributed by atoms with Gasteiger partial charge < -0.3 is 14.6 Å². The maximum atomic E-state index is 10.9. The molecule has 1 saturated heterocycles. The Hall–Kier alpha value is -1.29. The summed E-state index contributed by atoms with van der Waals surface area (Å²) in [6, 6.07) is 3.45. The molecule has 1 aromatic heterocycles. The largest absolute Gasteiger partial charge is 0.477 e.